The number of halogens is 2. The van der Waals surface area contributed by atoms with Crippen LogP contribution in [0, 0.1) is 4.78 Å². The zero-order valence-electron chi connectivity index (χ0n) is 12.0. The van der Waals surface area contributed by atoms with Crippen LogP contribution in [0.2, 0.25) is 0 Å². The molecule has 0 amide bonds. The number of nitrogens with two attached hydrogens (primary N) is 1. The minimum atomic E-state index is -3.74. The lowest BCUT2D eigenvalue weighted by atomic mass is 10.1. The maximum absolute atomic E-state index is 13.1. The molecule has 1 aromatic rings. The molecule has 0 aromatic heterocycles. The van der Waals surface area contributed by atoms with Gasteiger partial charge in [-0.1, -0.05) is 12.1 Å². The minimum absolute atomic E-state index is 0.0628. The Hall–Kier alpha value is -1.94. The van der Waals surface area contributed by atoms with Crippen molar-refractivity contribution >= 4 is 15.7 Å². The number of aryl methyl sites for hydroxylation is 1. The predicted octanol–water partition coefficient (Wildman–Crippen LogP) is 1.40. The quantitative estimate of drug-likeness (QED) is 0.683. The van der Waals surface area contributed by atoms with Crippen LogP contribution in [-0.2, 0) is 20.9 Å². The summed E-state index contributed by atoms with van der Waals surface area (Å²) in [5.41, 5.74) is 5.66. The number of hydrogen-bond donors (Lipinski definition) is 3. The molecule has 7 nitrogen and oxygen atoms in total. The second kappa shape index (κ2) is 6.28. The molecule has 2 atom stereocenters. The molecule has 1 unspecified atom stereocenters. The SMILES string of the molecule is N=S(=O)(CCc1cccc2c1OC(F)(F)O2)CC[C@H](N)C(=O)O. The highest BCUT2D eigenvalue weighted by Gasteiger charge is 2.44. The Balaban J connectivity index is 1.99. The van der Waals surface area contributed by atoms with Gasteiger partial charge in [-0.05, 0) is 24.5 Å². The number of fused-ring (bicyclic) bond motifs is 1. The number of rotatable bonds is 7. The molecule has 128 valence electrons. The molecule has 1 aliphatic rings. The van der Waals surface area contributed by atoms with Gasteiger partial charge in [0.05, 0.1) is 0 Å². The number of hydrogen-bond acceptors (Lipinski definition) is 6. The second-order valence-corrected chi connectivity index (χ2v) is 7.56. The molecule has 0 spiro atoms. The van der Waals surface area contributed by atoms with Crippen LogP contribution in [0.15, 0.2) is 18.2 Å². The number of alkyl halides is 2. The number of ether oxygens (including phenoxy) is 2. The zero-order valence-corrected chi connectivity index (χ0v) is 12.8. The van der Waals surface area contributed by atoms with E-state index in [4.69, 9.17) is 15.6 Å². The molecule has 10 heteroatoms. The summed E-state index contributed by atoms with van der Waals surface area (Å²) in [5.74, 6) is -1.77. The Morgan fingerprint density at radius 2 is 2.09 bits per heavy atom. The van der Waals surface area contributed by atoms with Crippen LogP contribution in [0.25, 0.3) is 0 Å². The first-order valence-corrected chi connectivity index (χ1v) is 8.59. The molecule has 0 radical (unpaired) electrons. The maximum Gasteiger partial charge on any atom is 0.586 e. The van der Waals surface area contributed by atoms with Crippen molar-refractivity contribution in [2.45, 2.75) is 25.2 Å². The van der Waals surface area contributed by atoms with Gasteiger partial charge >= 0.3 is 12.3 Å². The molecule has 0 bridgehead atoms. The largest absolute Gasteiger partial charge is 0.586 e. The van der Waals surface area contributed by atoms with Crippen molar-refractivity contribution in [1.29, 1.82) is 4.78 Å². The molecular formula is C13H16F2N2O5S. The molecule has 0 aliphatic carbocycles. The van der Waals surface area contributed by atoms with Gasteiger partial charge in [-0.15, -0.1) is 8.78 Å². The Bertz CT molecular complexity index is 708. The number of carbonyl (C=O) groups is 1. The molecule has 0 fully saturated rings. The normalized spacial score (nSPS) is 19.1. The summed E-state index contributed by atoms with van der Waals surface area (Å²) in [6.07, 6.45) is -3.77. The van der Waals surface area contributed by atoms with Gasteiger partial charge in [-0.3, -0.25) is 9.57 Å². The predicted molar refractivity (Wildman–Crippen MR) is 77.2 cm³/mol. The fraction of sp³-hybridized carbons (Fsp3) is 0.462. The number of para-hydroxylation sites is 1. The van der Waals surface area contributed by atoms with Crippen molar-refractivity contribution in [3.8, 4) is 11.5 Å². The molecule has 1 aliphatic heterocycles. The molecule has 0 saturated carbocycles. The van der Waals surface area contributed by atoms with Gasteiger partial charge in [-0.25, -0.2) is 4.21 Å². The minimum Gasteiger partial charge on any atom is -0.480 e. The third-order valence-electron chi connectivity index (χ3n) is 3.29. The summed E-state index contributed by atoms with van der Waals surface area (Å²) in [6, 6.07) is 3.15. The Morgan fingerprint density at radius 3 is 2.74 bits per heavy atom. The Morgan fingerprint density at radius 1 is 1.39 bits per heavy atom. The van der Waals surface area contributed by atoms with Crippen molar-refractivity contribution < 1.29 is 32.4 Å². The van der Waals surface area contributed by atoms with Gasteiger partial charge in [-0.2, -0.15) is 0 Å². The third kappa shape index (κ3) is 4.52. The van der Waals surface area contributed by atoms with Crippen LogP contribution < -0.4 is 15.2 Å². The Labute approximate surface area is 131 Å². The topological polar surface area (TPSA) is 123 Å². The van der Waals surface area contributed by atoms with Crippen molar-refractivity contribution in [1.82, 2.24) is 0 Å². The lowest BCUT2D eigenvalue weighted by Gasteiger charge is -2.11. The smallest absolute Gasteiger partial charge is 0.480 e. The number of benzene rings is 1. The van der Waals surface area contributed by atoms with E-state index in [1.54, 1.807) is 0 Å². The summed E-state index contributed by atoms with van der Waals surface area (Å²) in [6.45, 7) is 0. The van der Waals surface area contributed by atoms with E-state index in [9.17, 15) is 17.8 Å². The van der Waals surface area contributed by atoms with Gasteiger partial charge < -0.3 is 20.3 Å². The van der Waals surface area contributed by atoms with E-state index in [2.05, 4.69) is 9.47 Å². The molecular weight excluding hydrogens is 334 g/mol. The first-order valence-electron chi connectivity index (χ1n) is 6.70. The van der Waals surface area contributed by atoms with Crippen LogP contribution in [0.4, 0.5) is 8.78 Å². The lowest BCUT2D eigenvalue weighted by Crippen LogP contribution is -2.32. The van der Waals surface area contributed by atoms with Crippen LogP contribution in [0.1, 0.15) is 12.0 Å². The number of carboxylic acid groups (broad SMARTS) is 1. The van der Waals surface area contributed by atoms with Gasteiger partial charge in [0, 0.05) is 21.2 Å². The van der Waals surface area contributed by atoms with E-state index in [0.29, 0.717) is 5.56 Å². The van der Waals surface area contributed by atoms with Crippen LogP contribution in [0.5, 0.6) is 11.5 Å². The van der Waals surface area contributed by atoms with Crippen molar-refractivity contribution in [3.63, 3.8) is 0 Å². The van der Waals surface area contributed by atoms with E-state index in [1.165, 1.54) is 18.2 Å². The highest BCUT2D eigenvalue weighted by molar-refractivity contribution is 7.92. The summed E-state index contributed by atoms with van der Waals surface area (Å²) in [5, 5.41) is 8.66. The van der Waals surface area contributed by atoms with E-state index in [1.807, 2.05) is 0 Å². The monoisotopic (exact) mass is 350 g/mol. The zero-order chi connectivity index (χ0) is 17.3. The van der Waals surface area contributed by atoms with Gasteiger partial charge in [0.15, 0.2) is 11.5 Å². The number of nitrogens with one attached hydrogen (secondary N) is 1. The molecule has 0 saturated heterocycles. The van der Waals surface area contributed by atoms with Gasteiger partial charge in [0.1, 0.15) is 6.04 Å². The van der Waals surface area contributed by atoms with E-state index in [0.717, 1.165) is 0 Å². The molecule has 23 heavy (non-hydrogen) atoms. The van der Waals surface area contributed by atoms with Crippen molar-refractivity contribution in [2.24, 2.45) is 5.73 Å². The summed E-state index contributed by atoms with van der Waals surface area (Å²) < 4.78 is 54.7. The van der Waals surface area contributed by atoms with Crippen LogP contribution >= 0.6 is 0 Å². The summed E-state index contributed by atoms with van der Waals surface area (Å²) >= 11 is 0. The average molecular weight is 350 g/mol. The maximum atomic E-state index is 13.1. The van der Waals surface area contributed by atoms with Crippen molar-refractivity contribution in [3.05, 3.63) is 23.8 Å². The number of aliphatic carboxylic acids is 1. The third-order valence-corrected chi connectivity index (χ3v) is 5.05. The van der Waals surface area contributed by atoms with E-state index in [-0.39, 0.29) is 35.8 Å². The lowest BCUT2D eigenvalue weighted by molar-refractivity contribution is -0.286. The van der Waals surface area contributed by atoms with Crippen LogP contribution in [-0.4, -0.2) is 39.1 Å². The summed E-state index contributed by atoms with van der Waals surface area (Å²) in [4.78, 5) is 10.6. The number of carboxylic acids is 1. The van der Waals surface area contributed by atoms with Crippen molar-refractivity contribution in [2.75, 3.05) is 11.5 Å². The van der Waals surface area contributed by atoms with E-state index < -0.39 is 28.0 Å². The first kappa shape index (κ1) is 17.4. The second-order valence-electron chi connectivity index (χ2n) is 5.12. The molecule has 1 heterocycles. The first-order chi connectivity index (χ1) is 10.6. The fourth-order valence-electron chi connectivity index (χ4n) is 2.04. The van der Waals surface area contributed by atoms with Gasteiger partial charge in [0.25, 0.3) is 0 Å². The highest BCUT2D eigenvalue weighted by Crippen LogP contribution is 2.43. The molecule has 1 aromatic carbocycles. The van der Waals surface area contributed by atoms with Crippen LogP contribution in [0.3, 0.4) is 0 Å². The van der Waals surface area contributed by atoms with Gasteiger partial charge in [0.2, 0.25) is 0 Å². The average Bonchev–Trinajstić information content (AvgIpc) is 2.76. The fourth-order valence-corrected chi connectivity index (χ4v) is 3.43. The Kier molecular flexibility index (Phi) is 4.76. The molecule has 4 N–H and O–H groups in total. The standard InChI is InChI=1S/C13H16F2N2O5S/c14-13(15)21-10-3-1-2-8(11(10)22-13)4-6-23(17,20)7-5-9(16)12(18)19/h1-3,9,17H,4-7,16H2,(H,18,19)/t9-,23?/m0/s1. The molecule has 2 rings (SSSR count). The summed E-state index contributed by atoms with van der Waals surface area (Å²) in [7, 11) is -3.08. The van der Waals surface area contributed by atoms with E-state index >= 15 is 0 Å². The highest BCUT2D eigenvalue weighted by atomic mass is 32.2.